The third-order valence-electron chi connectivity index (χ3n) is 14.1. The van der Waals surface area contributed by atoms with Gasteiger partial charge in [0.2, 0.25) is 20.0 Å². The van der Waals surface area contributed by atoms with Crippen molar-refractivity contribution in [2.24, 2.45) is 5.92 Å². The van der Waals surface area contributed by atoms with E-state index in [1.807, 2.05) is 121 Å². The van der Waals surface area contributed by atoms with Gasteiger partial charge in [-0.2, -0.15) is 0 Å². The van der Waals surface area contributed by atoms with Gasteiger partial charge < -0.3 is 41.0 Å². The number of halogens is 3. The summed E-state index contributed by atoms with van der Waals surface area (Å²) in [6, 6.07) is 33.8. The number of aromatic nitrogens is 4. The van der Waals surface area contributed by atoms with E-state index in [2.05, 4.69) is 100 Å². The van der Waals surface area contributed by atoms with Crippen molar-refractivity contribution in [3.63, 3.8) is 0 Å². The molecule has 0 amide bonds. The van der Waals surface area contributed by atoms with E-state index in [9.17, 15) is 16.8 Å². The molecule has 0 unspecified atom stereocenters. The Morgan fingerprint density at radius 3 is 1.59 bits per heavy atom. The summed E-state index contributed by atoms with van der Waals surface area (Å²) in [5.41, 5.74) is 9.97. The normalized spacial score (nSPS) is 15.6. The summed E-state index contributed by atoms with van der Waals surface area (Å²) in [4.78, 5) is 17.3. The van der Waals surface area contributed by atoms with Gasteiger partial charge in [-0.05, 0) is 212 Å². The number of nitrogen functional groups attached to an aromatic ring is 1. The van der Waals surface area contributed by atoms with Crippen molar-refractivity contribution in [3.05, 3.63) is 134 Å². The summed E-state index contributed by atoms with van der Waals surface area (Å²) in [6.07, 6.45) is 14.3. The van der Waals surface area contributed by atoms with Crippen molar-refractivity contribution in [1.82, 2.24) is 29.4 Å². The lowest BCUT2D eigenvalue weighted by Crippen LogP contribution is -2.41. The first-order valence-electron chi connectivity index (χ1n) is 27.8. The molecule has 0 bridgehead atoms. The molecule has 9 N–H and O–H groups in total. The number of sulfonamides is 2. The monoisotopic (exact) mass is 1370 g/mol. The molecule has 6 aromatic rings. The number of benzene rings is 2. The molecule has 3 aliphatic rings. The number of pyridine rings is 4. The second-order valence-electron chi connectivity index (χ2n) is 20.8. The Bertz CT molecular complexity index is 3100. The van der Waals surface area contributed by atoms with E-state index in [-0.39, 0.29) is 9.79 Å². The zero-order valence-corrected chi connectivity index (χ0v) is 55.7. The molecule has 25 heteroatoms. The van der Waals surface area contributed by atoms with Crippen LogP contribution < -0.4 is 36.6 Å². The van der Waals surface area contributed by atoms with Crippen molar-refractivity contribution in [1.29, 1.82) is 0 Å². The molecule has 3 fully saturated rings. The molecule has 18 nitrogen and oxygen atoms in total. The van der Waals surface area contributed by atoms with Crippen LogP contribution in [0.2, 0.25) is 6.82 Å². The van der Waals surface area contributed by atoms with Gasteiger partial charge in [-0.1, -0.05) is 88.6 Å². The first kappa shape index (κ1) is 71.0. The zero-order valence-electron chi connectivity index (χ0n) is 49.3. The SMILES string of the molecule is CB(O)O.CCc1cccc(Br)n1.CNS(=O)(=O)c1ccc(NC2CCCCC2)c(B2OC(C)(C)C(C)(C)O2)c1.CNc1cccc(-c2cc(S(=O)(=O)NC)ccc2CC2CCCCC2)n1.CNc1cccc(Br)n1.Nc1cccc(Br)n1. The van der Waals surface area contributed by atoms with E-state index in [1.165, 1.54) is 77.8 Å². The van der Waals surface area contributed by atoms with Crippen LogP contribution in [0.1, 0.15) is 110 Å². The number of anilines is 4. The average Bonchev–Trinajstić information content (AvgIpc) is 2.78. The smallest absolute Gasteiger partial charge is 0.427 e. The summed E-state index contributed by atoms with van der Waals surface area (Å²) < 4.78 is 68.9. The van der Waals surface area contributed by atoms with Crippen LogP contribution in [-0.2, 0) is 42.2 Å². The largest absolute Gasteiger partial charge is 0.497 e. The van der Waals surface area contributed by atoms with E-state index in [0.717, 1.165) is 79.2 Å². The lowest BCUT2D eigenvalue weighted by atomic mass is 9.77. The average molecular weight is 1370 g/mol. The fraction of sp³-hybridized carbons (Fsp3) is 0.448. The van der Waals surface area contributed by atoms with Gasteiger partial charge in [0.15, 0.2) is 0 Å². The number of hydrogen-bond donors (Lipinski definition) is 8. The predicted molar refractivity (Wildman–Crippen MR) is 350 cm³/mol. The van der Waals surface area contributed by atoms with Crippen molar-refractivity contribution in [3.8, 4) is 11.3 Å². The second-order valence-corrected chi connectivity index (χ2v) is 27.0. The second kappa shape index (κ2) is 34.6. The maximum atomic E-state index is 12.3. The third-order valence-corrected chi connectivity index (χ3v) is 18.2. The highest BCUT2D eigenvalue weighted by atomic mass is 79.9. The van der Waals surface area contributed by atoms with Gasteiger partial charge >= 0.3 is 14.2 Å². The van der Waals surface area contributed by atoms with Crippen molar-refractivity contribution in [2.75, 3.05) is 49.9 Å². The van der Waals surface area contributed by atoms with Crippen LogP contribution in [0, 0.1) is 5.92 Å². The highest BCUT2D eigenvalue weighted by Crippen LogP contribution is 2.38. The number of nitrogens with one attached hydrogen (secondary N) is 5. The molecule has 2 aromatic carbocycles. The zero-order chi connectivity index (χ0) is 61.4. The molecule has 2 saturated carbocycles. The standard InChI is InChI=1S/C20H27N3O2S.C19H31BN2O4S.C7H8BrN.C6H7BrN2.C5H5BrN2.CH5BO2/c1-21-20-10-6-9-19(23-20)18-14-17(26(24,25)22-2)12-11-16(18)13-15-7-4-3-5-8-15;1-18(2)19(3,4)26-20(25-18)16-13-15(27(23,24)21-5)11-12-17(16)22-14-9-7-6-8-10-14;1-2-6-4-3-5-7(8)9-6;1-8-6-4-2-3-5(7)9-6;6-4-2-1-3-5(7)8-4;1-2(3)4/h6,9-12,14-15,22H,3-5,7-8,13H2,1-2H3,(H,21,23);11-14,21-22H,6-10H2,1-5H3;3-5H,2H2,1H3;2-4H,1H3,(H,8,9);1-3H,(H2,7,8);3-4H,1H3. The third kappa shape index (κ3) is 23.7. The number of nitrogens with two attached hydrogens (primary N) is 1. The van der Waals surface area contributed by atoms with Crippen LogP contribution in [0.25, 0.3) is 11.3 Å². The molecule has 0 spiro atoms. The Labute approximate surface area is 519 Å². The topological polar surface area (TPSA) is 265 Å². The van der Waals surface area contributed by atoms with E-state index in [0.29, 0.717) is 17.8 Å². The van der Waals surface area contributed by atoms with Crippen LogP contribution in [0.15, 0.2) is 133 Å². The predicted octanol–water partition coefficient (Wildman–Crippen LogP) is 11.3. The fourth-order valence-electron chi connectivity index (χ4n) is 8.89. The lowest BCUT2D eigenvalue weighted by molar-refractivity contribution is 0.00578. The molecular weight excluding hydrogens is 1290 g/mol. The van der Waals surface area contributed by atoms with Gasteiger partial charge in [0.1, 0.15) is 31.3 Å². The summed E-state index contributed by atoms with van der Waals surface area (Å²) in [6.45, 7) is 11.4. The molecule has 2 aliphatic carbocycles. The fourth-order valence-corrected chi connectivity index (χ4v) is 11.5. The summed E-state index contributed by atoms with van der Waals surface area (Å²) in [5.74, 6) is 2.86. The summed E-state index contributed by atoms with van der Waals surface area (Å²) in [7, 11) is -2.30. The van der Waals surface area contributed by atoms with Crippen LogP contribution in [0.4, 0.5) is 23.1 Å². The number of aryl methyl sites for hydroxylation is 1. The van der Waals surface area contributed by atoms with Crippen molar-refractivity contribution in [2.45, 2.75) is 146 Å². The number of hydrogen-bond acceptors (Lipinski definition) is 16. The van der Waals surface area contributed by atoms with Crippen LogP contribution >= 0.6 is 47.8 Å². The summed E-state index contributed by atoms with van der Waals surface area (Å²) >= 11 is 9.71. The Hall–Kier alpha value is -4.53. The van der Waals surface area contributed by atoms with Gasteiger partial charge in [-0.15, -0.1) is 0 Å². The Morgan fingerprint density at radius 2 is 1.12 bits per heavy atom. The maximum absolute atomic E-state index is 12.3. The molecule has 452 valence electrons. The van der Waals surface area contributed by atoms with Crippen LogP contribution in [-0.4, -0.2) is 106 Å². The van der Waals surface area contributed by atoms with E-state index >= 15 is 0 Å². The van der Waals surface area contributed by atoms with Gasteiger partial charge in [0, 0.05) is 42.5 Å². The first-order valence-corrected chi connectivity index (χ1v) is 33.2. The Morgan fingerprint density at radius 1 is 0.639 bits per heavy atom. The van der Waals surface area contributed by atoms with E-state index in [1.54, 1.807) is 30.3 Å². The van der Waals surface area contributed by atoms with Gasteiger partial charge in [-0.3, -0.25) is 0 Å². The minimum absolute atomic E-state index is 0.212. The van der Waals surface area contributed by atoms with E-state index in [4.69, 9.17) is 25.1 Å². The minimum Gasteiger partial charge on any atom is -0.427 e. The molecule has 9 rings (SSSR count). The lowest BCUT2D eigenvalue weighted by Gasteiger charge is -2.32. The summed E-state index contributed by atoms with van der Waals surface area (Å²) in [5, 5.41) is 24.8. The molecule has 83 heavy (non-hydrogen) atoms. The molecule has 1 aliphatic heterocycles. The van der Waals surface area contributed by atoms with Crippen molar-refractivity contribution >= 4 is 111 Å². The highest BCUT2D eigenvalue weighted by Gasteiger charge is 2.52. The van der Waals surface area contributed by atoms with Crippen LogP contribution in [0.5, 0.6) is 0 Å². The first-order chi connectivity index (χ1) is 39.3. The molecule has 5 heterocycles. The number of rotatable bonds is 13. The minimum atomic E-state index is -3.55. The van der Waals surface area contributed by atoms with Gasteiger partial charge in [0.25, 0.3) is 0 Å². The molecule has 0 atom stereocenters. The molecule has 4 aromatic heterocycles. The van der Waals surface area contributed by atoms with Crippen molar-refractivity contribution < 1.29 is 36.2 Å². The number of nitrogens with zero attached hydrogens (tertiary/aromatic N) is 4. The maximum Gasteiger partial charge on any atom is 0.497 e. The highest BCUT2D eigenvalue weighted by molar-refractivity contribution is 9.11. The van der Waals surface area contributed by atoms with Crippen LogP contribution in [0.3, 0.4) is 0 Å². The molecule has 1 saturated heterocycles. The quantitative estimate of drug-likeness (QED) is 0.0395. The molecule has 0 radical (unpaired) electrons. The molecular formula is C58H83B2Br3N10O8S2. The van der Waals surface area contributed by atoms with E-state index < -0.39 is 45.5 Å². The Balaban J connectivity index is 0.000000240. The van der Waals surface area contributed by atoms with Gasteiger partial charge in [0.05, 0.1) is 26.7 Å². The van der Waals surface area contributed by atoms with Gasteiger partial charge in [-0.25, -0.2) is 46.2 Å². The Kier molecular flexibility index (Phi) is 29.6.